The van der Waals surface area contributed by atoms with Crippen molar-refractivity contribution in [1.82, 2.24) is 0 Å². The van der Waals surface area contributed by atoms with E-state index in [0.717, 1.165) is 18.5 Å². The van der Waals surface area contributed by atoms with Gasteiger partial charge in [-0.1, -0.05) is 43.3 Å². The van der Waals surface area contributed by atoms with Crippen LogP contribution in [0.15, 0.2) is 48.5 Å². The summed E-state index contributed by atoms with van der Waals surface area (Å²) in [6, 6.07) is 16.4. The van der Waals surface area contributed by atoms with E-state index in [2.05, 4.69) is 43.0 Å². The van der Waals surface area contributed by atoms with Gasteiger partial charge in [-0.15, -0.1) is 0 Å². The molecule has 1 heterocycles. The number of aromatic hydroxyl groups is 1. The highest BCUT2D eigenvalue weighted by atomic mass is 16.3. The Kier molecular flexibility index (Phi) is 3.39. The van der Waals surface area contributed by atoms with Crippen LogP contribution < -0.4 is 4.90 Å². The summed E-state index contributed by atoms with van der Waals surface area (Å²) in [5, 5.41) is 10.1. The molecular weight excluding hydrogens is 246 g/mol. The van der Waals surface area contributed by atoms with Gasteiger partial charge >= 0.3 is 0 Å². The van der Waals surface area contributed by atoms with Gasteiger partial charge in [-0.3, -0.25) is 0 Å². The van der Waals surface area contributed by atoms with Gasteiger partial charge in [0.1, 0.15) is 5.75 Å². The van der Waals surface area contributed by atoms with Gasteiger partial charge in [0.25, 0.3) is 0 Å². The number of fused-ring (bicyclic) bond motifs is 1. The van der Waals surface area contributed by atoms with Crippen LogP contribution >= 0.6 is 0 Å². The number of phenolic OH excluding ortho intramolecular Hbond substituents is 1. The zero-order chi connectivity index (χ0) is 14.1. The van der Waals surface area contributed by atoms with E-state index in [9.17, 15) is 5.11 Å². The number of phenols is 1. The molecule has 2 nitrogen and oxygen atoms in total. The number of anilines is 1. The minimum absolute atomic E-state index is 0.181. The molecule has 0 radical (unpaired) electrons. The lowest BCUT2D eigenvalue weighted by atomic mass is 9.91. The summed E-state index contributed by atoms with van der Waals surface area (Å²) in [5.41, 5.74) is 3.71. The van der Waals surface area contributed by atoms with Crippen LogP contribution in [-0.4, -0.2) is 11.7 Å². The van der Waals surface area contributed by atoms with Crippen molar-refractivity contribution < 1.29 is 5.11 Å². The molecule has 0 aliphatic carbocycles. The molecule has 2 aromatic carbocycles. The summed E-state index contributed by atoms with van der Waals surface area (Å²) in [6.45, 7) is 5.50. The summed E-state index contributed by atoms with van der Waals surface area (Å²) in [4.78, 5) is 2.42. The van der Waals surface area contributed by atoms with Crippen LogP contribution in [-0.2, 0) is 6.42 Å². The topological polar surface area (TPSA) is 23.5 Å². The Morgan fingerprint density at radius 3 is 2.60 bits per heavy atom. The molecule has 1 N–H and O–H groups in total. The maximum absolute atomic E-state index is 10.1. The molecule has 0 bridgehead atoms. The van der Waals surface area contributed by atoms with Gasteiger partial charge in [-0.2, -0.15) is 0 Å². The van der Waals surface area contributed by atoms with Crippen LogP contribution in [0, 0.1) is 5.92 Å². The first-order valence-corrected chi connectivity index (χ1v) is 7.29. The third-order valence-corrected chi connectivity index (χ3v) is 4.23. The van der Waals surface area contributed by atoms with E-state index >= 15 is 0 Å². The minimum Gasteiger partial charge on any atom is -0.508 e. The third-order valence-electron chi connectivity index (χ3n) is 4.23. The van der Waals surface area contributed by atoms with Crippen molar-refractivity contribution in [2.24, 2.45) is 5.92 Å². The number of rotatable bonds is 2. The maximum Gasteiger partial charge on any atom is 0.120 e. The van der Waals surface area contributed by atoms with Gasteiger partial charge in [0.15, 0.2) is 0 Å². The zero-order valence-corrected chi connectivity index (χ0v) is 12.1. The predicted octanol–water partition coefficient (Wildman–Crippen LogP) is 4.15. The minimum atomic E-state index is 0.181. The lowest BCUT2D eigenvalue weighted by molar-refractivity contribution is 0.450. The molecule has 0 spiro atoms. The zero-order valence-electron chi connectivity index (χ0n) is 12.1. The molecule has 2 atom stereocenters. The van der Waals surface area contributed by atoms with Gasteiger partial charge in [-0.05, 0) is 37.0 Å². The first kappa shape index (κ1) is 13.0. The highest BCUT2D eigenvalue weighted by Crippen LogP contribution is 2.37. The maximum atomic E-state index is 10.1. The van der Waals surface area contributed by atoms with Crippen molar-refractivity contribution >= 4 is 5.69 Å². The van der Waals surface area contributed by atoms with Crippen molar-refractivity contribution in [3.8, 4) is 5.75 Å². The van der Waals surface area contributed by atoms with E-state index in [0.29, 0.717) is 11.7 Å². The van der Waals surface area contributed by atoms with Gasteiger partial charge in [0.05, 0.1) is 6.04 Å². The smallest absolute Gasteiger partial charge is 0.120 e. The van der Waals surface area contributed by atoms with Crippen LogP contribution in [0.4, 0.5) is 5.69 Å². The summed E-state index contributed by atoms with van der Waals surface area (Å²) in [6.07, 6.45) is 1.14. The van der Waals surface area contributed by atoms with E-state index in [1.165, 1.54) is 11.3 Å². The average Bonchev–Trinajstić information content (AvgIpc) is 2.46. The van der Waals surface area contributed by atoms with E-state index in [4.69, 9.17) is 0 Å². The summed E-state index contributed by atoms with van der Waals surface area (Å²) >= 11 is 0. The third kappa shape index (κ3) is 2.26. The second-order valence-electron chi connectivity index (χ2n) is 5.83. The van der Waals surface area contributed by atoms with E-state index < -0.39 is 0 Å². The SMILES string of the molecule is CC1Cc2ccccc2N(C(C)c2ccccc2O)C1. The van der Waals surface area contributed by atoms with Gasteiger partial charge < -0.3 is 10.0 Å². The first-order chi connectivity index (χ1) is 9.66. The normalized spacial score (nSPS) is 19.5. The fourth-order valence-corrected chi connectivity index (χ4v) is 3.21. The molecule has 20 heavy (non-hydrogen) atoms. The molecule has 0 saturated heterocycles. The summed E-state index contributed by atoms with van der Waals surface area (Å²) < 4.78 is 0. The molecule has 0 amide bonds. The van der Waals surface area contributed by atoms with Crippen molar-refractivity contribution in [2.75, 3.05) is 11.4 Å². The largest absolute Gasteiger partial charge is 0.508 e. The lowest BCUT2D eigenvalue weighted by Gasteiger charge is -2.39. The molecule has 0 fully saturated rings. The quantitative estimate of drug-likeness (QED) is 0.883. The monoisotopic (exact) mass is 267 g/mol. The van der Waals surface area contributed by atoms with Crippen LogP contribution in [0.2, 0.25) is 0 Å². The second kappa shape index (κ2) is 5.20. The predicted molar refractivity (Wildman–Crippen MR) is 83.2 cm³/mol. The van der Waals surface area contributed by atoms with Crippen LogP contribution in [0.25, 0.3) is 0 Å². The number of hydrogen-bond donors (Lipinski definition) is 1. The Hall–Kier alpha value is -1.96. The Balaban J connectivity index is 2.00. The van der Waals surface area contributed by atoms with Crippen molar-refractivity contribution in [3.63, 3.8) is 0 Å². The molecule has 1 aliphatic heterocycles. The molecule has 2 unspecified atom stereocenters. The lowest BCUT2D eigenvalue weighted by Crippen LogP contribution is -2.36. The van der Waals surface area contributed by atoms with Gasteiger partial charge in [-0.25, -0.2) is 0 Å². The molecule has 104 valence electrons. The molecule has 1 aliphatic rings. The summed E-state index contributed by atoms with van der Waals surface area (Å²) in [7, 11) is 0. The molecule has 0 aromatic heterocycles. The van der Waals surface area contributed by atoms with Crippen molar-refractivity contribution in [1.29, 1.82) is 0 Å². The van der Waals surface area contributed by atoms with Gasteiger partial charge in [0, 0.05) is 17.8 Å². The molecule has 0 saturated carbocycles. The molecule has 2 heteroatoms. The Labute approximate surface area is 120 Å². The molecule has 3 rings (SSSR count). The number of benzene rings is 2. The van der Waals surface area contributed by atoms with Crippen molar-refractivity contribution in [3.05, 3.63) is 59.7 Å². The van der Waals surface area contributed by atoms with Crippen LogP contribution in [0.5, 0.6) is 5.75 Å². The van der Waals surface area contributed by atoms with Crippen molar-refractivity contribution in [2.45, 2.75) is 26.3 Å². The molecule has 2 aromatic rings. The summed E-state index contributed by atoms with van der Waals surface area (Å²) in [5.74, 6) is 1.02. The van der Waals surface area contributed by atoms with Crippen LogP contribution in [0.3, 0.4) is 0 Å². The number of para-hydroxylation sites is 2. The van der Waals surface area contributed by atoms with E-state index in [1.54, 1.807) is 6.07 Å². The standard InChI is InChI=1S/C18H21NO/c1-13-11-15-7-3-5-9-17(15)19(12-13)14(2)16-8-4-6-10-18(16)20/h3-10,13-14,20H,11-12H2,1-2H3. The van der Waals surface area contributed by atoms with Crippen LogP contribution in [0.1, 0.15) is 31.0 Å². The highest BCUT2D eigenvalue weighted by Gasteiger charge is 2.26. The van der Waals surface area contributed by atoms with E-state index in [-0.39, 0.29) is 6.04 Å². The highest BCUT2D eigenvalue weighted by molar-refractivity contribution is 5.58. The Morgan fingerprint density at radius 2 is 1.80 bits per heavy atom. The Morgan fingerprint density at radius 1 is 1.10 bits per heavy atom. The fourth-order valence-electron chi connectivity index (χ4n) is 3.21. The Bertz CT molecular complexity index is 608. The first-order valence-electron chi connectivity index (χ1n) is 7.29. The van der Waals surface area contributed by atoms with Gasteiger partial charge in [0.2, 0.25) is 0 Å². The van der Waals surface area contributed by atoms with E-state index in [1.807, 2.05) is 18.2 Å². The number of nitrogens with zero attached hydrogens (tertiary/aromatic N) is 1. The number of hydrogen-bond acceptors (Lipinski definition) is 2. The molecular formula is C18H21NO. The average molecular weight is 267 g/mol. The fraction of sp³-hybridized carbons (Fsp3) is 0.333. The second-order valence-corrected chi connectivity index (χ2v) is 5.83.